The molecule has 0 aliphatic heterocycles. The van der Waals surface area contributed by atoms with Gasteiger partial charge in [-0.05, 0) is 6.07 Å². The molecule has 0 saturated carbocycles. The molecule has 8 heteroatoms. The van der Waals surface area contributed by atoms with Gasteiger partial charge in [-0.3, -0.25) is 14.9 Å². The smallest absolute Gasteiger partial charge is 0.308 e. The summed E-state index contributed by atoms with van der Waals surface area (Å²) in [7, 11) is -3.77. The summed E-state index contributed by atoms with van der Waals surface area (Å²) < 4.78 is 22.7. The van der Waals surface area contributed by atoms with Crippen LogP contribution < -0.4 is 0 Å². The predicted octanol–water partition coefficient (Wildman–Crippen LogP) is 0.625. The molecule has 0 heterocycles. The van der Waals surface area contributed by atoms with Crippen LogP contribution in [0.1, 0.15) is 5.56 Å². The Bertz CT molecular complexity index is 577. The first-order valence-electron chi connectivity index (χ1n) is 4.41. The molecule has 1 N–H and O–H groups in total. The van der Waals surface area contributed by atoms with Gasteiger partial charge in [0.05, 0.1) is 11.3 Å². The number of nitro groups is 1. The predicted molar refractivity (Wildman–Crippen MR) is 57.5 cm³/mol. The number of benzene rings is 1. The zero-order valence-electron chi connectivity index (χ0n) is 8.78. The van der Waals surface area contributed by atoms with E-state index >= 15 is 0 Å². The second kappa shape index (κ2) is 4.50. The van der Waals surface area contributed by atoms with Crippen molar-refractivity contribution >= 4 is 21.5 Å². The lowest BCUT2D eigenvalue weighted by molar-refractivity contribution is -0.388. The quantitative estimate of drug-likeness (QED) is 0.626. The highest BCUT2D eigenvalue weighted by Gasteiger charge is 2.26. The Morgan fingerprint density at radius 1 is 1.47 bits per heavy atom. The average Bonchev–Trinajstić information content (AvgIpc) is 2.14. The van der Waals surface area contributed by atoms with Gasteiger partial charge < -0.3 is 5.11 Å². The van der Waals surface area contributed by atoms with Crippen LogP contribution in [0.15, 0.2) is 23.1 Å². The van der Waals surface area contributed by atoms with Gasteiger partial charge in [0.25, 0.3) is 5.69 Å². The molecular formula is C9H9NO6S. The summed E-state index contributed by atoms with van der Waals surface area (Å²) in [5.74, 6) is -1.27. The molecule has 0 amide bonds. The fourth-order valence-electron chi connectivity index (χ4n) is 1.38. The van der Waals surface area contributed by atoms with E-state index in [0.717, 1.165) is 12.3 Å². The van der Waals surface area contributed by atoms with E-state index in [1.165, 1.54) is 12.1 Å². The van der Waals surface area contributed by atoms with Crippen LogP contribution in [-0.4, -0.2) is 30.7 Å². The number of hydrogen-bond donors (Lipinski definition) is 1. The molecule has 1 rings (SSSR count). The van der Waals surface area contributed by atoms with Crippen molar-refractivity contribution in [3.8, 4) is 0 Å². The summed E-state index contributed by atoms with van der Waals surface area (Å²) in [5.41, 5.74) is -0.803. The number of para-hydroxylation sites is 1. The number of carboxylic acids is 1. The van der Waals surface area contributed by atoms with Crippen molar-refractivity contribution in [3.05, 3.63) is 33.9 Å². The van der Waals surface area contributed by atoms with Gasteiger partial charge in [0, 0.05) is 11.8 Å². The van der Waals surface area contributed by atoms with Gasteiger partial charge in [0.15, 0.2) is 9.84 Å². The van der Waals surface area contributed by atoms with E-state index in [4.69, 9.17) is 5.11 Å². The zero-order valence-corrected chi connectivity index (χ0v) is 9.60. The molecule has 0 spiro atoms. The Morgan fingerprint density at radius 2 is 2.06 bits per heavy atom. The molecule has 1 aromatic rings. The van der Waals surface area contributed by atoms with E-state index in [2.05, 4.69) is 0 Å². The first kappa shape index (κ1) is 13.1. The number of hydrogen-bond acceptors (Lipinski definition) is 5. The maximum atomic E-state index is 11.3. The van der Waals surface area contributed by atoms with E-state index in [1.54, 1.807) is 0 Å². The summed E-state index contributed by atoms with van der Waals surface area (Å²) in [4.78, 5) is 20.0. The molecule has 0 aromatic heterocycles. The lowest BCUT2D eigenvalue weighted by atomic mass is 10.1. The minimum atomic E-state index is -3.77. The van der Waals surface area contributed by atoms with Crippen LogP contribution in [0.5, 0.6) is 0 Å². The number of nitro benzene ring substituents is 1. The Morgan fingerprint density at radius 3 is 2.47 bits per heavy atom. The summed E-state index contributed by atoms with van der Waals surface area (Å²) in [6.45, 7) is 0. The molecule has 7 nitrogen and oxygen atoms in total. The van der Waals surface area contributed by atoms with E-state index in [-0.39, 0.29) is 5.56 Å². The van der Waals surface area contributed by atoms with Crippen LogP contribution in [0.3, 0.4) is 0 Å². The second-order valence-corrected chi connectivity index (χ2v) is 5.35. The standard InChI is InChI=1S/C9H9NO6S/c1-17(15,16)7-4-2-3-6(5-8(11)12)9(7)10(13)14/h2-4H,5H2,1H3,(H,11,12). The molecule has 17 heavy (non-hydrogen) atoms. The van der Waals surface area contributed by atoms with Crippen molar-refractivity contribution in [1.29, 1.82) is 0 Å². The molecule has 0 saturated heterocycles. The van der Waals surface area contributed by atoms with Crippen LogP contribution in [-0.2, 0) is 21.1 Å². The first-order chi connectivity index (χ1) is 7.73. The molecule has 0 fully saturated rings. The first-order valence-corrected chi connectivity index (χ1v) is 6.30. The minimum Gasteiger partial charge on any atom is -0.481 e. The van der Waals surface area contributed by atoms with Crippen LogP contribution in [0, 0.1) is 10.1 Å². The SMILES string of the molecule is CS(=O)(=O)c1cccc(CC(=O)O)c1[N+](=O)[O-]. The highest BCUT2D eigenvalue weighted by Crippen LogP contribution is 2.28. The highest BCUT2D eigenvalue weighted by molar-refractivity contribution is 7.90. The van der Waals surface area contributed by atoms with Gasteiger partial charge in [0.1, 0.15) is 4.90 Å². The maximum Gasteiger partial charge on any atom is 0.308 e. The molecule has 0 aliphatic rings. The van der Waals surface area contributed by atoms with Gasteiger partial charge in [-0.15, -0.1) is 0 Å². The van der Waals surface area contributed by atoms with Crippen LogP contribution >= 0.6 is 0 Å². The third-order valence-electron chi connectivity index (χ3n) is 2.01. The van der Waals surface area contributed by atoms with Crippen molar-refractivity contribution in [1.82, 2.24) is 0 Å². The van der Waals surface area contributed by atoms with Crippen LogP contribution in [0.4, 0.5) is 5.69 Å². The minimum absolute atomic E-state index is 0.134. The van der Waals surface area contributed by atoms with Crippen LogP contribution in [0.2, 0.25) is 0 Å². The largest absolute Gasteiger partial charge is 0.481 e. The molecule has 0 bridgehead atoms. The van der Waals surface area contributed by atoms with E-state index in [0.29, 0.717) is 0 Å². The van der Waals surface area contributed by atoms with Crippen molar-refractivity contribution in [2.75, 3.05) is 6.26 Å². The fourth-order valence-corrected chi connectivity index (χ4v) is 2.26. The van der Waals surface area contributed by atoms with Gasteiger partial charge in [-0.25, -0.2) is 8.42 Å². The van der Waals surface area contributed by atoms with Gasteiger partial charge >= 0.3 is 5.97 Å². The Kier molecular flexibility index (Phi) is 3.47. The second-order valence-electron chi connectivity index (χ2n) is 3.36. The van der Waals surface area contributed by atoms with Crippen molar-refractivity contribution in [2.45, 2.75) is 11.3 Å². The van der Waals surface area contributed by atoms with Gasteiger partial charge in [-0.1, -0.05) is 12.1 Å². The van der Waals surface area contributed by atoms with Crippen molar-refractivity contribution in [3.63, 3.8) is 0 Å². The van der Waals surface area contributed by atoms with E-state index in [1.807, 2.05) is 0 Å². The van der Waals surface area contributed by atoms with Gasteiger partial charge in [0.2, 0.25) is 0 Å². The number of carboxylic acid groups (broad SMARTS) is 1. The number of aliphatic carboxylic acids is 1. The van der Waals surface area contributed by atoms with Crippen molar-refractivity contribution < 1.29 is 23.2 Å². The molecule has 0 atom stereocenters. The summed E-state index contributed by atoms with van der Waals surface area (Å²) in [6.07, 6.45) is 0.236. The lowest BCUT2D eigenvalue weighted by Crippen LogP contribution is -2.08. The third kappa shape index (κ3) is 3.00. The van der Waals surface area contributed by atoms with E-state index < -0.39 is 37.7 Å². The highest BCUT2D eigenvalue weighted by atomic mass is 32.2. The molecule has 0 radical (unpaired) electrons. The number of carbonyl (C=O) groups is 1. The number of sulfone groups is 1. The van der Waals surface area contributed by atoms with Crippen molar-refractivity contribution in [2.24, 2.45) is 0 Å². The molecule has 1 aromatic carbocycles. The van der Waals surface area contributed by atoms with Crippen LogP contribution in [0.25, 0.3) is 0 Å². The summed E-state index contributed by atoms with van der Waals surface area (Å²) >= 11 is 0. The molecule has 92 valence electrons. The fraction of sp³-hybridized carbons (Fsp3) is 0.222. The molecule has 0 aliphatic carbocycles. The number of nitrogens with zero attached hydrogens (tertiary/aromatic N) is 1. The lowest BCUT2D eigenvalue weighted by Gasteiger charge is -2.04. The molecular weight excluding hydrogens is 250 g/mol. The summed E-state index contributed by atoms with van der Waals surface area (Å²) in [5, 5.41) is 19.4. The monoisotopic (exact) mass is 259 g/mol. The molecule has 0 unspecified atom stereocenters. The number of rotatable bonds is 4. The topological polar surface area (TPSA) is 115 Å². The zero-order chi connectivity index (χ0) is 13.2. The Hall–Kier alpha value is -1.96. The Balaban J connectivity index is 3.54. The van der Waals surface area contributed by atoms with E-state index in [9.17, 15) is 23.3 Å². The third-order valence-corrected chi connectivity index (χ3v) is 3.13. The maximum absolute atomic E-state index is 11.3. The average molecular weight is 259 g/mol. The normalized spacial score (nSPS) is 11.1. The Labute approximate surface area is 96.8 Å². The van der Waals surface area contributed by atoms with Gasteiger partial charge in [-0.2, -0.15) is 0 Å². The summed E-state index contributed by atoms with van der Waals surface area (Å²) in [6, 6.07) is 3.58.